The van der Waals surface area contributed by atoms with E-state index in [1.807, 2.05) is 0 Å². The highest BCUT2D eigenvalue weighted by Gasteiger charge is 2.24. The van der Waals surface area contributed by atoms with Crippen molar-refractivity contribution in [3.63, 3.8) is 0 Å². The van der Waals surface area contributed by atoms with Gasteiger partial charge in [0, 0.05) is 11.1 Å². The van der Waals surface area contributed by atoms with Crippen LogP contribution < -0.4 is 0 Å². The van der Waals surface area contributed by atoms with Crippen molar-refractivity contribution in [2.45, 2.75) is 51.4 Å². The molecule has 6 rings (SSSR count). The summed E-state index contributed by atoms with van der Waals surface area (Å²) in [6, 6.07) is 25.9. The van der Waals surface area contributed by atoms with Crippen molar-refractivity contribution in [3.05, 3.63) is 95.1 Å². The third-order valence-corrected chi connectivity index (χ3v) is 7.04. The molecule has 32 heavy (non-hydrogen) atoms. The minimum Gasteiger partial charge on any atom is -0.246 e. The highest BCUT2D eigenvalue weighted by Crippen LogP contribution is 2.38. The van der Waals surface area contributed by atoms with E-state index in [2.05, 4.69) is 72.8 Å². The zero-order valence-corrected chi connectivity index (χ0v) is 18.5. The van der Waals surface area contributed by atoms with Gasteiger partial charge >= 0.3 is 0 Å². The molecule has 4 aromatic rings. The number of hydrogen-bond donors (Lipinski definition) is 0. The zero-order chi connectivity index (χ0) is 21.3. The van der Waals surface area contributed by atoms with Crippen molar-refractivity contribution in [1.29, 1.82) is 0 Å². The topological polar surface area (TPSA) is 25.8 Å². The molecule has 158 valence electrons. The summed E-state index contributed by atoms with van der Waals surface area (Å²) in [6.45, 7) is 0. The summed E-state index contributed by atoms with van der Waals surface area (Å²) in [7, 11) is 0. The highest BCUT2D eigenvalue weighted by atomic mass is 14.8. The van der Waals surface area contributed by atoms with Gasteiger partial charge in [0.05, 0.1) is 22.8 Å². The van der Waals surface area contributed by atoms with Crippen LogP contribution in [-0.4, -0.2) is 9.97 Å². The summed E-state index contributed by atoms with van der Waals surface area (Å²) >= 11 is 0. The van der Waals surface area contributed by atoms with E-state index in [9.17, 15) is 0 Å². The van der Waals surface area contributed by atoms with Gasteiger partial charge < -0.3 is 0 Å². The number of pyridine rings is 2. The van der Waals surface area contributed by atoms with Crippen LogP contribution in [0.1, 0.15) is 47.9 Å². The molecule has 2 heterocycles. The molecule has 2 aliphatic carbocycles. The van der Waals surface area contributed by atoms with E-state index in [0.717, 1.165) is 48.5 Å². The van der Waals surface area contributed by atoms with E-state index in [1.54, 1.807) is 0 Å². The summed E-state index contributed by atoms with van der Waals surface area (Å²) in [6.07, 6.45) is 9.52. The molecule has 0 N–H and O–H groups in total. The largest absolute Gasteiger partial charge is 0.246 e. The Balaban J connectivity index is 1.61. The van der Waals surface area contributed by atoms with Gasteiger partial charge in [0.25, 0.3) is 0 Å². The maximum atomic E-state index is 5.31. The molecule has 0 bridgehead atoms. The molecule has 2 aromatic carbocycles. The molecule has 2 heteroatoms. The van der Waals surface area contributed by atoms with E-state index >= 15 is 0 Å². The third-order valence-electron chi connectivity index (χ3n) is 7.04. The number of hydrogen-bond acceptors (Lipinski definition) is 2. The fraction of sp³-hybridized carbons (Fsp3) is 0.267. The summed E-state index contributed by atoms with van der Waals surface area (Å²) in [5, 5.41) is 0. The fourth-order valence-electron chi connectivity index (χ4n) is 5.39. The first-order chi connectivity index (χ1) is 15.9. The van der Waals surface area contributed by atoms with Crippen LogP contribution in [0.15, 0.2) is 72.8 Å². The summed E-state index contributed by atoms with van der Waals surface area (Å²) in [5.41, 5.74) is 12.6. The van der Waals surface area contributed by atoms with Gasteiger partial charge in [-0.05, 0) is 85.8 Å². The molecule has 0 saturated heterocycles. The lowest BCUT2D eigenvalue weighted by Gasteiger charge is -2.24. The monoisotopic (exact) mass is 416 g/mol. The minimum absolute atomic E-state index is 1.08. The smallest absolute Gasteiger partial charge is 0.0931 e. The van der Waals surface area contributed by atoms with E-state index in [-0.39, 0.29) is 0 Å². The van der Waals surface area contributed by atoms with Gasteiger partial charge in [-0.15, -0.1) is 0 Å². The van der Waals surface area contributed by atoms with Crippen LogP contribution in [0.5, 0.6) is 0 Å². The van der Waals surface area contributed by atoms with Gasteiger partial charge in [0.15, 0.2) is 0 Å². The number of aryl methyl sites for hydroxylation is 2. The van der Waals surface area contributed by atoms with Crippen molar-refractivity contribution >= 4 is 0 Å². The quantitative estimate of drug-likeness (QED) is 0.352. The molecule has 0 aliphatic heterocycles. The number of benzene rings is 2. The average molecular weight is 417 g/mol. The Bertz CT molecular complexity index is 1160. The maximum Gasteiger partial charge on any atom is 0.0931 e. The molecule has 0 unspecified atom stereocenters. The predicted octanol–water partition coefficient (Wildman–Crippen LogP) is 7.24. The van der Waals surface area contributed by atoms with Crippen LogP contribution in [-0.2, 0) is 25.7 Å². The second kappa shape index (κ2) is 8.35. The predicted molar refractivity (Wildman–Crippen MR) is 132 cm³/mol. The van der Waals surface area contributed by atoms with E-state index in [1.165, 1.54) is 59.1 Å². The Morgan fingerprint density at radius 1 is 0.469 bits per heavy atom. The van der Waals surface area contributed by atoms with Crippen LogP contribution in [0.3, 0.4) is 0 Å². The molecule has 2 aliphatic rings. The minimum atomic E-state index is 1.08. The van der Waals surface area contributed by atoms with Crippen LogP contribution >= 0.6 is 0 Å². The van der Waals surface area contributed by atoms with Gasteiger partial charge in [-0.3, -0.25) is 0 Å². The van der Waals surface area contributed by atoms with Crippen molar-refractivity contribution < 1.29 is 0 Å². The molecule has 2 aromatic heterocycles. The molecule has 0 fully saturated rings. The van der Waals surface area contributed by atoms with Crippen LogP contribution in [0, 0.1) is 0 Å². The molecule has 0 radical (unpaired) electrons. The summed E-state index contributed by atoms with van der Waals surface area (Å²) in [4.78, 5) is 10.6. The van der Waals surface area contributed by atoms with E-state index in [0.29, 0.717) is 0 Å². The lowest BCUT2D eigenvalue weighted by Crippen LogP contribution is -2.12. The standard InChI is InChI=1S/C30H28N2/c1-3-11-21(12-4-1)27-19-23-15-7-9-17-25(23)29(31-27)30-26-18-10-8-16-24(26)20-28(32-30)22-13-5-2-6-14-22/h1-6,11-14,19-20H,7-10,15-18H2. The summed E-state index contributed by atoms with van der Waals surface area (Å²) < 4.78 is 0. The Kier molecular flexibility index (Phi) is 5.07. The number of aromatic nitrogens is 2. The van der Waals surface area contributed by atoms with Crippen LogP contribution in [0.4, 0.5) is 0 Å². The Morgan fingerprint density at radius 2 is 0.875 bits per heavy atom. The lowest BCUT2D eigenvalue weighted by molar-refractivity contribution is 0.677. The number of rotatable bonds is 3. The normalized spacial score (nSPS) is 15.1. The van der Waals surface area contributed by atoms with Gasteiger partial charge in [-0.2, -0.15) is 0 Å². The molecule has 0 spiro atoms. The van der Waals surface area contributed by atoms with Gasteiger partial charge in [0.1, 0.15) is 0 Å². The highest BCUT2D eigenvalue weighted by molar-refractivity contribution is 5.74. The lowest BCUT2D eigenvalue weighted by atomic mass is 9.84. The SMILES string of the molecule is c1ccc(-c2cc3c(c(-c4nc(-c5ccccc5)cc5c4CCCC5)n2)CCCC3)cc1. The van der Waals surface area contributed by atoms with Crippen LogP contribution in [0.2, 0.25) is 0 Å². The molecule has 0 atom stereocenters. The van der Waals surface area contributed by atoms with Gasteiger partial charge in [-0.25, -0.2) is 9.97 Å². The van der Waals surface area contributed by atoms with Crippen LogP contribution in [0.25, 0.3) is 33.9 Å². The molecule has 0 amide bonds. The second-order valence-corrected chi connectivity index (χ2v) is 9.13. The molecular formula is C30H28N2. The first kappa shape index (κ1) is 19.4. The maximum absolute atomic E-state index is 5.31. The Morgan fingerprint density at radius 3 is 1.31 bits per heavy atom. The van der Waals surface area contributed by atoms with E-state index < -0.39 is 0 Å². The van der Waals surface area contributed by atoms with Gasteiger partial charge in [0.2, 0.25) is 0 Å². The van der Waals surface area contributed by atoms with Crippen molar-refractivity contribution in [1.82, 2.24) is 9.97 Å². The Hall–Kier alpha value is -3.26. The summed E-state index contributed by atoms with van der Waals surface area (Å²) in [5.74, 6) is 0. The number of fused-ring (bicyclic) bond motifs is 2. The first-order valence-electron chi connectivity index (χ1n) is 12.0. The number of nitrogens with zero attached hydrogens (tertiary/aromatic N) is 2. The fourth-order valence-corrected chi connectivity index (χ4v) is 5.39. The van der Waals surface area contributed by atoms with E-state index in [4.69, 9.17) is 9.97 Å². The van der Waals surface area contributed by atoms with Crippen molar-refractivity contribution in [2.75, 3.05) is 0 Å². The first-order valence-corrected chi connectivity index (χ1v) is 12.0. The molecule has 0 saturated carbocycles. The zero-order valence-electron chi connectivity index (χ0n) is 18.5. The van der Waals surface area contributed by atoms with Crippen molar-refractivity contribution in [2.24, 2.45) is 0 Å². The van der Waals surface area contributed by atoms with Crippen molar-refractivity contribution in [3.8, 4) is 33.9 Å². The molecule has 2 nitrogen and oxygen atoms in total. The van der Waals surface area contributed by atoms with Gasteiger partial charge in [-0.1, -0.05) is 60.7 Å². The Labute approximate surface area is 190 Å². The average Bonchev–Trinajstić information content (AvgIpc) is 2.88. The second-order valence-electron chi connectivity index (χ2n) is 9.13. The third kappa shape index (κ3) is 3.54. The molecular weight excluding hydrogens is 388 g/mol.